The Morgan fingerprint density at radius 2 is 0.295 bits per heavy atom. The molecule has 0 nitrogen and oxygen atoms in total. The van der Waals surface area contributed by atoms with E-state index in [2.05, 4.69) is 104 Å². The van der Waals surface area contributed by atoms with Crippen molar-refractivity contribution in [2.24, 2.45) is 5.92 Å². The van der Waals surface area contributed by atoms with Crippen molar-refractivity contribution in [2.75, 3.05) is 0 Å². The first-order valence-electron chi connectivity index (χ1n) is 21.3. The molecule has 0 bridgehead atoms. The van der Waals surface area contributed by atoms with Crippen LogP contribution in [0, 0.1) is 5.92 Å². The summed E-state index contributed by atoms with van der Waals surface area (Å²) in [6.45, 7) is 44.1. The van der Waals surface area contributed by atoms with Crippen LogP contribution in [0.3, 0.4) is 0 Å². The van der Waals surface area contributed by atoms with Crippen molar-refractivity contribution >= 4 is 0 Å². The molecule has 5 fully saturated rings. The van der Waals surface area contributed by atoms with E-state index in [0.717, 1.165) is 5.92 Å². The molecule has 0 aromatic rings. The van der Waals surface area contributed by atoms with E-state index >= 15 is 0 Å². The maximum atomic E-state index is 2.22. The molecule has 284 valence electrons. The van der Waals surface area contributed by atoms with Crippen molar-refractivity contribution in [3.8, 4) is 0 Å². The molecule has 0 heteroatoms. The molecule has 5 rings (SSSR count). The van der Waals surface area contributed by atoms with E-state index in [4.69, 9.17) is 0 Å². The highest BCUT2D eigenvalue weighted by Gasteiger charge is 1.96. The smallest absolute Gasteiger partial charge is 0.0474 e. The molecule has 0 aliphatic heterocycles. The molecule has 0 amide bonds. The van der Waals surface area contributed by atoms with Gasteiger partial charge in [-0.25, -0.2) is 0 Å². The first kappa shape index (κ1) is 70.4. The van der Waals surface area contributed by atoms with E-state index in [-0.39, 0.29) is 0 Å². The van der Waals surface area contributed by atoms with Gasteiger partial charge in [-0.2, -0.15) is 0 Å². The van der Waals surface area contributed by atoms with Gasteiger partial charge < -0.3 is 0 Å². The lowest BCUT2D eigenvalue weighted by Crippen LogP contribution is -1.77. The van der Waals surface area contributed by atoms with Crippen LogP contribution in [-0.2, 0) is 0 Å². The van der Waals surface area contributed by atoms with E-state index in [1.807, 2.05) is 41.5 Å². The van der Waals surface area contributed by atoms with E-state index in [0.29, 0.717) is 0 Å². The molecular weight excluding hydrogens is 528 g/mol. The van der Waals surface area contributed by atoms with Gasteiger partial charge in [0.05, 0.1) is 0 Å². The second-order valence-corrected chi connectivity index (χ2v) is 11.3. The Kier molecular flexibility index (Phi) is 194. The standard InChI is InChI=1S/C5H12.5C3H6.6C3H8.3C2H6/c1-4-5(2)3;5*1-2-3-1;6*1-3-2;3*1-2/h5H,4H2,1-3H3;5*1-3H2;6*3H2,1-2H3;3*1-2H3. The number of rotatable bonds is 1. The first-order valence-corrected chi connectivity index (χ1v) is 21.3. The molecule has 0 aromatic carbocycles. The van der Waals surface area contributed by atoms with Crippen molar-refractivity contribution in [3.63, 3.8) is 0 Å². The Hall–Kier alpha value is 0. The Morgan fingerprint density at radius 3 is 0.295 bits per heavy atom. The highest BCUT2D eigenvalue weighted by Crippen LogP contribution is 2.16. The summed E-state index contributed by atoms with van der Waals surface area (Å²) < 4.78 is 0. The van der Waals surface area contributed by atoms with Crippen LogP contribution in [0.5, 0.6) is 0 Å². The molecule has 0 N–H and O–H groups in total. The third-order valence-electron chi connectivity index (χ3n) is 2.58. The van der Waals surface area contributed by atoms with Crippen LogP contribution in [0.1, 0.15) is 287 Å². The van der Waals surface area contributed by atoms with Crippen molar-refractivity contribution in [1.82, 2.24) is 0 Å². The molecule has 5 aliphatic carbocycles. The average molecular weight is 637 g/mol. The Balaban J connectivity index is -0.0000000354. The van der Waals surface area contributed by atoms with Gasteiger partial charge in [0.2, 0.25) is 0 Å². The number of hydrogen-bond donors (Lipinski definition) is 0. The lowest BCUT2D eigenvalue weighted by atomic mass is 10.2. The summed E-state index contributed by atoms with van der Waals surface area (Å²) in [6, 6.07) is 0. The monoisotopic (exact) mass is 637 g/mol. The Morgan fingerprint density at radius 1 is 0.250 bits per heavy atom. The minimum Gasteiger partial charge on any atom is -0.0683 e. The predicted octanol–water partition coefficient (Wildman–Crippen LogP) is 19.5. The summed E-state index contributed by atoms with van der Waals surface area (Å²) in [5, 5.41) is 0. The fraction of sp³-hybridized carbons (Fsp3) is 1.00. The quantitative estimate of drug-likeness (QED) is 0.268. The van der Waals surface area contributed by atoms with E-state index in [9.17, 15) is 0 Å². The zero-order valence-corrected chi connectivity index (χ0v) is 37.1. The second-order valence-electron chi connectivity index (χ2n) is 11.3. The van der Waals surface area contributed by atoms with Gasteiger partial charge in [-0.1, -0.05) is 287 Å². The third kappa shape index (κ3) is 1440. The lowest BCUT2D eigenvalue weighted by molar-refractivity contribution is 0.626. The summed E-state index contributed by atoms with van der Waals surface area (Å²) in [7, 11) is 0. The van der Waals surface area contributed by atoms with Gasteiger partial charge in [0.25, 0.3) is 0 Å². The van der Waals surface area contributed by atoms with Gasteiger partial charge in [0, 0.05) is 0 Å². The number of hydrogen-bond acceptors (Lipinski definition) is 0. The molecule has 0 aromatic heterocycles. The van der Waals surface area contributed by atoms with Crippen LogP contribution < -0.4 is 0 Å². The van der Waals surface area contributed by atoms with E-state index in [1.165, 1.54) is 141 Å². The van der Waals surface area contributed by atoms with Crippen LogP contribution in [-0.4, -0.2) is 0 Å². The van der Waals surface area contributed by atoms with Crippen LogP contribution >= 0.6 is 0 Å². The summed E-state index contributed by atoms with van der Waals surface area (Å²) in [6.07, 6.45) is 31.3. The van der Waals surface area contributed by atoms with E-state index in [1.54, 1.807) is 0 Å². The maximum absolute atomic E-state index is 2.22. The minimum atomic E-state index is 0.884. The Bertz CT molecular complexity index is 156. The highest BCUT2D eigenvalue weighted by molar-refractivity contribution is 4.52. The summed E-state index contributed by atoms with van der Waals surface area (Å²) >= 11 is 0. The van der Waals surface area contributed by atoms with Gasteiger partial charge in [-0.3, -0.25) is 0 Å². The fourth-order valence-electron chi connectivity index (χ4n) is 0. The van der Waals surface area contributed by atoms with Gasteiger partial charge in [-0.15, -0.1) is 0 Å². The van der Waals surface area contributed by atoms with Crippen LogP contribution in [0.15, 0.2) is 0 Å². The average Bonchev–Trinajstić information content (AvgIpc) is 3.82. The van der Waals surface area contributed by atoms with Crippen molar-refractivity contribution in [2.45, 2.75) is 287 Å². The first-order chi connectivity index (χ1) is 21.3. The van der Waals surface area contributed by atoms with Crippen molar-refractivity contribution in [3.05, 3.63) is 0 Å². The SMILES string of the molecule is C1CC1.C1CC1.C1CC1.C1CC1.C1CC1.CC.CC.CC.CCC.CCC.CCC.CCC.CCC.CCC.CCC(C)C. The zero-order chi connectivity index (χ0) is 37.1. The summed E-state index contributed by atoms with van der Waals surface area (Å²) in [5.41, 5.74) is 0. The van der Waals surface area contributed by atoms with Crippen LogP contribution in [0.2, 0.25) is 0 Å². The summed E-state index contributed by atoms with van der Waals surface area (Å²) in [4.78, 5) is 0. The van der Waals surface area contributed by atoms with Gasteiger partial charge >= 0.3 is 0 Å². The Labute approximate surface area is 291 Å². The highest BCUT2D eigenvalue weighted by atomic mass is 14.0. The third-order valence-corrected chi connectivity index (χ3v) is 2.58. The van der Waals surface area contributed by atoms with Crippen molar-refractivity contribution in [1.29, 1.82) is 0 Å². The van der Waals surface area contributed by atoms with Crippen molar-refractivity contribution < 1.29 is 0 Å². The molecule has 0 atom stereocenters. The molecule has 5 aliphatic rings. The van der Waals surface area contributed by atoms with Gasteiger partial charge in [0.15, 0.2) is 0 Å². The predicted molar refractivity (Wildman–Crippen MR) is 224 cm³/mol. The second kappa shape index (κ2) is 121. The zero-order valence-electron chi connectivity index (χ0n) is 37.1. The molecule has 0 heterocycles. The maximum Gasteiger partial charge on any atom is -0.0474 e. The van der Waals surface area contributed by atoms with Crippen LogP contribution in [0.25, 0.3) is 0 Å². The molecule has 44 heavy (non-hydrogen) atoms. The molecule has 0 saturated heterocycles. The van der Waals surface area contributed by atoms with Gasteiger partial charge in [-0.05, 0) is 5.92 Å². The largest absolute Gasteiger partial charge is 0.0683 e. The molecule has 0 unspecified atom stereocenters. The molecular formula is C44H108. The van der Waals surface area contributed by atoms with Gasteiger partial charge in [0.1, 0.15) is 0 Å². The van der Waals surface area contributed by atoms with E-state index < -0.39 is 0 Å². The fourth-order valence-corrected chi connectivity index (χ4v) is 0. The summed E-state index contributed by atoms with van der Waals surface area (Å²) in [5.74, 6) is 0.884. The minimum absolute atomic E-state index is 0.884. The van der Waals surface area contributed by atoms with Crippen LogP contribution in [0.4, 0.5) is 0 Å². The normalized spacial score (nSPS) is 12.1. The molecule has 0 radical (unpaired) electrons. The lowest BCUT2D eigenvalue weighted by Gasteiger charge is -1.90. The molecule has 0 spiro atoms. The topological polar surface area (TPSA) is 0 Å². The molecule has 5 saturated carbocycles.